The van der Waals surface area contributed by atoms with Gasteiger partial charge in [0.1, 0.15) is 23.8 Å². The summed E-state index contributed by atoms with van der Waals surface area (Å²) in [5.74, 6) is -2.77. The predicted octanol–water partition coefficient (Wildman–Crippen LogP) is 1.35. The Kier molecular flexibility index (Phi) is 5.84. The normalized spacial score (nSPS) is 30.9. The maximum Gasteiger partial charge on any atom is 0.250 e. The topological polar surface area (TPSA) is 121 Å². The van der Waals surface area contributed by atoms with Crippen LogP contribution in [0.5, 0.6) is 0 Å². The summed E-state index contributed by atoms with van der Waals surface area (Å²) < 4.78 is 8.45. The van der Waals surface area contributed by atoms with Crippen LogP contribution in [-0.2, 0) is 25.8 Å². The van der Waals surface area contributed by atoms with Crippen LogP contribution in [0, 0.1) is 11.8 Å². The van der Waals surface area contributed by atoms with Crippen molar-refractivity contribution < 1.29 is 24.2 Å². The molecule has 1 N–H and O–H groups in total. The van der Waals surface area contributed by atoms with Gasteiger partial charge in [-0.15, -0.1) is 5.10 Å². The minimum atomic E-state index is -1.39. The summed E-state index contributed by atoms with van der Waals surface area (Å²) in [5, 5.41) is 18.4. The molecule has 2 saturated heterocycles. The number of aliphatic hydroxyl groups excluding tert-OH is 1. The van der Waals surface area contributed by atoms with Crippen molar-refractivity contribution in [2.45, 2.75) is 30.8 Å². The van der Waals surface area contributed by atoms with Crippen molar-refractivity contribution in [1.82, 2.24) is 24.8 Å². The number of benzene rings is 2. The number of carbonyl (C=O) groups excluding carboxylic acids is 3. The highest BCUT2D eigenvalue weighted by molar-refractivity contribution is 6.04. The van der Waals surface area contributed by atoms with E-state index in [0.717, 1.165) is 11.2 Å². The van der Waals surface area contributed by atoms with E-state index in [1.807, 2.05) is 79.7 Å². The zero-order valence-electron chi connectivity index (χ0n) is 22.5. The first-order chi connectivity index (χ1) is 19.9. The standard InChI is InChI=1S/C30H30N6O5/c1-29-13-7-16-34(20-9-3-2-4-10-20)26(38)23(29)24-27(39)35(17-18-37)25-28(40)33(15-8-14-30(24,25)41-29)19-36-22-12-6-5-11-21(22)31-32-36/h2-14,23-25,37H,15-19H2,1H3/t23-,24-,25?,29+,30-/m0/s1. The molecule has 11 nitrogen and oxygen atoms in total. The Labute approximate surface area is 236 Å². The lowest BCUT2D eigenvalue weighted by Gasteiger charge is -2.37. The van der Waals surface area contributed by atoms with E-state index in [4.69, 9.17) is 4.74 Å². The van der Waals surface area contributed by atoms with Crippen molar-refractivity contribution in [1.29, 1.82) is 0 Å². The van der Waals surface area contributed by atoms with Gasteiger partial charge in [0.05, 0.1) is 29.6 Å². The lowest BCUT2D eigenvalue weighted by Crippen LogP contribution is -2.56. The first kappa shape index (κ1) is 25.6. The number of hydrogen-bond donors (Lipinski definition) is 1. The fraction of sp³-hybridized carbons (Fsp3) is 0.367. The lowest BCUT2D eigenvalue weighted by molar-refractivity contribution is -0.152. The molecule has 2 fully saturated rings. The molecule has 1 aromatic heterocycles. The summed E-state index contributed by atoms with van der Waals surface area (Å²) in [5.41, 5.74) is -0.298. The number of anilines is 1. The van der Waals surface area contributed by atoms with Crippen LogP contribution in [0.25, 0.3) is 11.0 Å². The number of β-amino-alcohol motifs (C(OH)–C–C–N with tert-alkyl or cyclic N) is 1. The maximum atomic E-state index is 14.4. The number of para-hydroxylation sites is 2. The number of aromatic nitrogens is 3. The minimum Gasteiger partial charge on any atom is -0.395 e. The molecule has 4 aliphatic heterocycles. The smallest absolute Gasteiger partial charge is 0.250 e. The largest absolute Gasteiger partial charge is 0.395 e. The third kappa shape index (κ3) is 3.69. The van der Waals surface area contributed by atoms with Crippen LogP contribution < -0.4 is 4.90 Å². The van der Waals surface area contributed by atoms with Crippen LogP contribution in [0.1, 0.15) is 6.92 Å². The monoisotopic (exact) mass is 554 g/mol. The van der Waals surface area contributed by atoms with Crippen molar-refractivity contribution in [3.63, 3.8) is 0 Å². The average molecular weight is 555 g/mol. The van der Waals surface area contributed by atoms with E-state index >= 15 is 0 Å². The maximum absolute atomic E-state index is 14.4. The van der Waals surface area contributed by atoms with Gasteiger partial charge in [0, 0.05) is 25.3 Å². The Bertz CT molecular complexity index is 1600. The lowest BCUT2D eigenvalue weighted by atomic mass is 9.74. The summed E-state index contributed by atoms with van der Waals surface area (Å²) in [6.45, 7) is 2.14. The van der Waals surface area contributed by atoms with Gasteiger partial charge in [0.2, 0.25) is 11.8 Å². The average Bonchev–Trinajstić information content (AvgIpc) is 3.50. The fourth-order valence-electron chi connectivity index (χ4n) is 7.07. The van der Waals surface area contributed by atoms with Gasteiger partial charge >= 0.3 is 0 Å². The van der Waals surface area contributed by atoms with Crippen LogP contribution in [0.2, 0.25) is 0 Å². The second-order valence-corrected chi connectivity index (χ2v) is 11.1. The summed E-state index contributed by atoms with van der Waals surface area (Å²) >= 11 is 0. The molecule has 7 rings (SSSR count). The third-order valence-electron chi connectivity index (χ3n) is 8.77. The van der Waals surface area contributed by atoms with Gasteiger partial charge < -0.3 is 24.5 Å². The second-order valence-electron chi connectivity index (χ2n) is 11.1. The first-order valence-corrected chi connectivity index (χ1v) is 13.8. The van der Waals surface area contributed by atoms with Crippen molar-refractivity contribution in [3.8, 4) is 0 Å². The van der Waals surface area contributed by atoms with Crippen LogP contribution in [0.15, 0.2) is 78.9 Å². The Balaban J connectivity index is 1.29. The molecule has 0 aliphatic carbocycles. The van der Waals surface area contributed by atoms with Crippen LogP contribution in [0.4, 0.5) is 5.69 Å². The van der Waals surface area contributed by atoms with E-state index in [-0.39, 0.29) is 44.1 Å². The number of likely N-dealkylation sites (tertiary alicyclic amines) is 1. The van der Waals surface area contributed by atoms with Crippen LogP contribution in [-0.4, -0.2) is 91.1 Å². The summed E-state index contributed by atoms with van der Waals surface area (Å²) in [4.78, 5) is 47.5. The number of rotatable bonds is 5. The molecule has 3 amide bonds. The predicted molar refractivity (Wildman–Crippen MR) is 148 cm³/mol. The molecule has 11 heteroatoms. The molecule has 3 aromatic rings. The molecule has 210 valence electrons. The van der Waals surface area contributed by atoms with Crippen LogP contribution >= 0.6 is 0 Å². The highest BCUT2D eigenvalue weighted by Gasteiger charge is 2.74. The van der Waals surface area contributed by atoms with Crippen molar-refractivity contribution >= 4 is 34.4 Å². The van der Waals surface area contributed by atoms with E-state index in [1.165, 1.54) is 4.90 Å². The van der Waals surface area contributed by atoms with E-state index in [0.29, 0.717) is 12.1 Å². The third-order valence-corrected chi connectivity index (χ3v) is 8.77. The van der Waals surface area contributed by atoms with Gasteiger partial charge in [-0.3, -0.25) is 14.4 Å². The van der Waals surface area contributed by atoms with Gasteiger partial charge in [0.25, 0.3) is 5.91 Å². The molecule has 0 radical (unpaired) electrons. The van der Waals surface area contributed by atoms with E-state index < -0.39 is 29.1 Å². The van der Waals surface area contributed by atoms with Crippen molar-refractivity contribution in [3.05, 3.63) is 78.9 Å². The fourth-order valence-corrected chi connectivity index (χ4v) is 7.07. The van der Waals surface area contributed by atoms with Gasteiger partial charge in [-0.25, -0.2) is 4.68 Å². The van der Waals surface area contributed by atoms with Gasteiger partial charge in [0.15, 0.2) is 0 Å². The molecule has 41 heavy (non-hydrogen) atoms. The quantitative estimate of drug-likeness (QED) is 0.473. The van der Waals surface area contributed by atoms with Crippen molar-refractivity contribution in [2.24, 2.45) is 11.8 Å². The Morgan fingerprint density at radius 1 is 0.927 bits per heavy atom. The SMILES string of the molecule is C[C@@]12C=CCN(c3ccccc3)C(=O)[C@@H]1[C@H]1C(=O)N(CCO)C3C(=O)N(Cn4nnc5ccccc54)CC=C[C@@]31O2. The molecular weight excluding hydrogens is 524 g/mol. The Morgan fingerprint density at radius 2 is 1.68 bits per heavy atom. The van der Waals surface area contributed by atoms with Crippen molar-refractivity contribution in [2.75, 3.05) is 31.1 Å². The minimum absolute atomic E-state index is 0.0549. The number of fused-ring (bicyclic) bond motifs is 3. The number of carbonyl (C=O) groups is 3. The molecule has 0 bridgehead atoms. The van der Waals surface area contributed by atoms with E-state index in [1.54, 1.807) is 20.6 Å². The molecule has 1 unspecified atom stereocenters. The summed E-state index contributed by atoms with van der Waals surface area (Å²) in [7, 11) is 0. The highest BCUT2D eigenvalue weighted by Crippen LogP contribution is 2.57. The van der Waals surface area contributed by atoms with E-state index in [2.05, 4.69) is 10.3 Å². The second kappa shape index (κ2) is 9.35. The molecule has 2 aromatic carbocycles. The summed E-state index contributed by atoms with van der Waals surface area (Å²) in [6.07, 6.45) is 7.37. The molecule has 0 saturated carbocycles. The molecule has 4 aliphatic rings. The van der Waals surface area contributed by atoms with Gasteiger partial charge in [-0.1, -0.05) is 59.8 Å². The number of ether oxygens (including phenoxy) is 1. The van der Waals surface area contributed by atoms with E-state index in [9.17, 15) is 19.5 Å². The van der Waals surface area contributed by atoms with Gasteiger partial charge in [-0.2, -0.15) is 0 Å². The molecule has 1 spiro atoms. The van der Waals surface area contributed by atoms with Crippen LogP contribution in [0.3, 0.4) is 0 Å². The summed E-state index contributed by atoms with van der Waals surface area (Å²) in [6, 6.07) is 15.8. The molecular formula is C30H30N6O5. The Hall–Kier alpha value is -4.35. The zero-order chi connectivity index (χ0) is 28.4. The number of nitrogens with zero attached hydrogens (tertiary/aromatic N) is 6. The molecule has 5 heterocycles. The van der Waals surface area contributed by atoms with Gasteiger partial charge in [-0.05, 0) is 31.2 Å². The highest BCUT2D eigenvalue weighted by atomic mass is 16.5. The number of hydrogen-bond acceptors (Lipinski definition) is 7. The number of aliphatic hydroxyl groups is 1. The first-order valence-electron chi connectivity index (χ1n) is 13.8. The number of amides is 3. The Morgan fingerprint density at radius 3 is 2.49 bits per heavy atom. The zero-order valence-corrected chi connectivity index (χ0v) is 22.5. The molecule has 5 atom stereocenters.